The summed E-state index contributed by atoms with van der Waals surface area (Å²) in [6.07, 6.45) is 6.07. The van der Waals surface area contributed by atoms with Crippen LogP contribution in [0.3, 0.4) is 0 Å². The second-order valence-electron chi connectivity index (χ2n) is 7.20. The molecule has 0 saturated carbocycles. The van der Waals surface area contributed by atoms with Crippen molar-refractivity contribution in [3.05, 3.63) is 37.4 Å². The Morgan fingerprint density at radius 2 is 2.15 bits per heavy atom. The van der Waals surface area contributed by atoms with Gasteiger partial charge in [-0.15, -0.1) is 22.7 Å². The zero-order chi connectivity index (χ0) is 19.0. The van der Waals surface area contributed by atoms with Gasteiger partial charge in [0, 0.05) is 9.75 Å². The van der Waals surface area contributed by atoms with E-state index in [4.69, 9.17) is 4.74 Å². The number of thiophene rings is 2. The molecular formula is C20H20N2O3S2. The van der Waals surface area contributed by atoms with E-state index in [1.165, 1.54) is 38.0 Å². The molecule has 7 heteroatoms. The van der Waals surface area contributed by atoms with Gasteiger partial charge in [-0.3, -0.25) is 4.79 Å². The van der Waals surface area contributed by atoms with Crippen molar-refractivity contribution in [3.8, 4) is 6.07 Å². The first kappa shape index (κ1) is 18.2. The van der Waals surface area contributed by atoms with Gasteiger partial charge in [0.25, 0.3) is 5.91 Å². The van der Waals surface area contributed by atoms with Crippen molar-refractivity contribution in [1.82, 2.24) is 0 Å². The van der Waals surface area contributed by atoms with Crippen molar-refractivity contribution < 1.29 is 14.3 Å². The molecule has 1 amide bonds. The van der Waals surface area contributed by atoms with Gasteiger partial charge in [0.05, 0.1) is 5.56 Å². The summed E-state index contributed by atoms with van der Waals surface area (Å²) >= 11 is 2.93. The molecule has 2 heterocycles. The van der Waals surface area contributed by atoms with Crippen LogP contribution in [0.2, 0.25) is 0 Å². The molecule has 2 aliphatic rings. The standard InChI is InChI=1S/C20H20N2O3S2/c1-11-5-6-15-12(7-11)8-17(26-15)20(24)25-10-18(23)22-19-14(9-21)13-3-2-4-16(13)27-19/h8,11H,2-7,10H2,1H3,(H,22,23). The number of ether oxygens (including phenoxy) is 1. The normalized spacial score (nSPS) is 17.7. The van der Waals surface area contributed by atoms with E-state index in [1.54, 1.807) is 0 Å². The SMILES string of the molecule is CC1CCc2sc(C(=O)OCC(=O)Nc3sc4c(c3C#N)CCC4)cc2C1. The van der Waals surface area contributed by atoms with E-state index in [1.807, 2.05) is 6.07 Å². The van der Waals surface area contributed by atoms with Gasteiger partial charge in [-0.05, 0) is 61.6 Å². The minimum atomic E-state index is -0.452. The van der Waals surface area contributed by atoms with E-state index >= 15 is 0 Å². The molecule has 2 aromatic heterocycles. The fourth-order valence-corrected chi connectivity index (χ4v) is 6.14. The summed E-state index contributed by atoms with van der Waals surface area (Å²) in [5.74, 6) is -0.218. The zero-order valence-corrected chi connectivity index (χ0v) is 16.7. The number of carbonyl (C=O) groups excluding carboxylic acids is 2. The van der Waals surface area contributed by atoms with E-state index in [9.17, 15) is 14.9 Å². The van der Waals surface area contributed by atoms with Crippen LogP contribution in [0.25, 0.3) is 0 Å². The molecular weight excluding hydrogens is 380 g/mol. The minimum Gasteiger partial charge on any atom is -0.451 e. The number of hydrogen-bond donors (Lipinski definition) is 1. The van der Waals surface area contributed by atoms with Gasteiger partial charge in [0.2, 0.25) is 0 Å². The van der Waals surface area contributed by atoms with Crippen LogP contribution in [0.5, 0.6) is 0 Å². The molecule has 0 radical (unpaired) electrons. The number of fused-ring (bicyclic) bond motifs is 2. The van der Waals surface area contributed by atoms with Crippen molar-refractivity contribution >= 4 is 39.6 Å². The first-order valence-electron chi connectivity index (χ1n) is 9.18. The lowest BCUT2D eigenvalue weighted by Crippen LogP contribution is -2.20. The Morgan fingerprint density at radius 1 is 1.30 bits per heavy atom. The van der Waals surface area contributed by atoms with Crippen LogP contribution in [-0.4, -0.2) is 18.5 Å². The van der Waals surface area contributed by atoms with Crippen LogP contribution >= 0.6 is 22.7 Å². The Morgan fingerprint density at radius 3 is 2.96 bits per heavy atom. The predicted octanol–water partition coefficient (Wildman–Crippen LogP) is 4.09. The summed E-state index contributed by atoms with van der Waals surface area (Å²) in [5, 5.41) is 12.7. The van der Waals surface area contributed by atoms with Crippen molar-refractivity contribution in [2.75, 3.05) is 11.9 Å². The lowest BCUT2D eigenvalue weighted by Gasteiger charge is -2.16. The molecule has 0 saturated heterocycles. The van der Waals surface area contributed by atoms with Crippen molar-refractivity contribution in [3.63, 3.8) is 0 Å². The molecule has 0 spiro atoms. The Balaban J connectivity index is 1.36. The number of nitrogens with one attached hydrogen (secondary N) is 1. The van der Waals surface area contributed by atoms with Crippen LogP contribution in [-0.2, 0) is 35.2 Å². The fraction of sp³-hybridized carbons (Fsp3) is 0.450. The number of nitriles is 1. The van der Waals surface area contributed by atoms with Crippen molar-refractivity contribution in [2.24, 2.45) is 5.92 Å². The maximum atomic E-state index is 12.3. The maximum absolute atomic E-state index is 12.3. The lowest BCUT2D eigenvalue weighted by atomic mass is 9.90. The molecule has 1 N–H and O–H groups in total. The van der Waals surface area contributed by atoms with Crippen molar-refractivity contribution in [1.29, 1.82) is 5.26 Å². The molecule has 5 nitrogen and oxygen atoms in total. The summed E-state index contributed by atoms with van der Waals surface area (Å²) in [6.45, 7) is 1.88. The van der Waals surface area contributed by atoms with Crippen LogP contribution in [0.4, 0.5) is 5.00 Å². The van der Waals surface area contributed by atoms with Crippen molar-refractivity contribution in [2.45, 2.75) is 45.4 Å². The van der Waals surface area contributed by atoms with Crippen LogP contribution in [0.15, 0.2) is 6.07 Å². The second kappa shape index (κ2) is 7.45. The summed E-state index contributed by atoms with van der Waals surface area (Å²) in [4.78, 5) is 27.5. The summed E-state index contributed by atoms with van der Waals surface area (Å²) in [5.41, 5.74) is 2.86. The van der Waals surface area contributed by atoms with E-state index in [0.29, 0.717) is 21.4 Å². The Hall–Kier alpha value is -2.17. The van der Waals surface area contributed by atoms with Gasteiger partial charge in [0.15, 0.2) is 6.61 Å². The smallest absolute Gasteiger partial charge is 0.348 e. The zero-order valence-electron chi connectivity index (χ0n) is 15.1. The number of esters is 1. The number of nitrogens with zero attached hydrogens (tertiary/aromatic N) is 1. The number of aryl methyl sites for hydroxylation is 2. The number of amides is 1. The average molecular weight is 401 g/mol. The second-order valence-corrected chi connectivity index (χ2v) is 9.45. The fourth-order valence-electron chi connectivity index (χ4n) is 3.78. The van der Waals surface area contributed by atoms with E-state index in [0.717, 1.165) is 44.1 Å². The van der Waals surface area contributed by atoms with Gasteiger partial charge < -0.3 is 10.1 Å². The summed E-state index contributed by atoms with van der Waals surface area (Å²) in [6, 6.07) is 4.10. The first-order valence-corrected chi connectivity index (χ1v) is 10.8. The number of anilines is 1. The monoisotopic (exact) mass is 400 g/mol. The summed E-state index contributed by atoms with van der Waals surface area (Å²) < 4.78 is 5.20. The molecule has 0 bridgehead atoms. The average Bonchev–Trinajstić information content (AvgIpc) is 3.33. The van der Waals surface area contributed by atoms with Gasteiger partial charge in [-0.1, -0.05) is 6.92 Å². The van der Waals surface area contributed by atoms with E-state index < -0.39 is 11.9 Å². The highest BCUT2D eigenvalue weighted by Crippen LogP contribution is 2.38. The highest BCUT2D eigenvalue weighted by molar-refractivity contribution is 7.16. The Labute approximate surface area is 166 Å². The quantitative estimate of drug-likeness (QED) is 0.784. The molecule has 1 unspecified atom stereocenters. The number of hydrogen-bond acceptors (Lipinski definition) is 6. The van der Waals surface area contributed by atoms with Crippen LogP contribution in [0.1, 0.15) is 55.9 Å². The first-order chi connectivity index (χ1) is 13.0. The number of carbonyl (C=O) groups is 2. The third-order valence-corrected chi connectivity index (χ3v) is 7.58. The largest absolute Gasteiger partial charge is 0.451 e. The molecule has 4 rings (SSSR count). The maximum Gasteiger partial charge on any atom is 0.348 e. The van der Waals surface area contributed by atoms with E-state index in [2.05, 4.69) is 18.3 Å². The van der Waals surface area contributed by atoms with Gasteiger partial charge in [0.1, 0.15) is 15.9 Å². The molecule has 0 aromatic carbocycles. The highest BCUT2D eigenvalue weighted by Gasteiger charge is 2.24. The molecule has 27 heavy (non-hydrogen) atoms. The summed E-state index contributed by atoms with van der Waals surface area (Å²) in [7, 11) is 0. The van der Waals surface area contributed by atoms with Gasteiger partial charge >= 0.3 is 5.97 Å². The third kappa shape index (κ3) is 3.64. The highest BCUT2D eigenvalue weighted by atomic mass is 32.1. The lowest BCUT2D eigenvalue weighted by molar-refractivity contribution is -0.119. The molecule has 2 aliphatic carbocycles. The number of rotatable bonds is 4. The van der Waals surface area contributed by atoms with Gasteiger partial charge in [-0.2, -0.15) is 5.26 Å². The molecule has 0 aliphatic heterocycles. The Bertz CT molecular complexity index is 951. The Kier molecular flexibility index (Phi) is 5.02. The van der Waals surface area contributed by atoms with Gasteiger partial charge in [-0.25, -0.2) is 4.79 Å². The molecule has 1 atom stereocenters. The molecule has 2 aromatic rings. The predicted molar refractivity (Wildman–Crippen MR) is 105 cm³/mol. The van der Waals surface area contributed by atoms with Crippen LogP contribution in [0, 0.1) is 17.2 Å². The van der Waals surface area contributed by atoms with Crippen LogP contribution < -0.4 is 5.32 Å². The minimum absolute atomic E-state index is 0.342. The molecule has 140 valence electrons. The third-order valence-electron chi connectivity index (χ3n) is 5.15. The molecule has 0 fully saturated rings. The van der Waals surface area contributed by atoms with E-state index in [-0.39, 0.29) is 6.61 Å². The topological polar surface area (TPSA) is 79.2 Å².